The number of piperidine rings is 1. The van der Waals surface area contributed by atoms with Gasteiger partial charge in [-0.3, -0.25) is 14.9 Å². The van der Waals surface area contributed by atoms with Crippen molar-refractivity contribution in [3.05, 3.63) is 69.3 Å². The van der Waals surface area contributed by atoms with E-state index < -0.39 is 17.5 Å². The Morgan fingerprint density at radius 1 is 1.17 bits per heavy atom. The van der Waals surface area contributed by atoms with E-state index in [0.29, 0.717) is 17.2 Å². The molecule has 1 saturated heterocycles. The molecule has 3 rings (SSSR count). The fourth-order valence-electron chi connectivity index (χ4n) is 3.70. The van der Waals surface area contributed by atoms with Gasteiger partial charge in [0.2, 0.25) is 0 Å². The van der Waals surface area contributed by atoms with Gasteiger partial charge in [-0.2, -0.15) is 0 Å². The van der Waals surface area contributed by atoms with E-state index in [9.17, 15) is 19.7 Å². The number of aryl methyl sites for hydroxylation is 1. The second kappa shape index (κ2) is 9.52. The van der Waals surface area contributed by atoms with E-state index in [1.807, 2.05) is 24.0 Å². The second-order valence-corrected chi connectivity index (χ2v) is 7.70. The molecule has 0 N–H and O–H groups in total. The molecule has 0 aliphatic carbocycles. The maximum absolute atomic E-state index is 12.4. The zero-order valence-corrected chi connectivity index (χ0v) is 17.3. The Hall–Kier alpha value is -3.22. The molecular weight excluding hydrogens is 384 g/mol. The predicted molar refractivity (Wildman–Crippen MR) is 114 cm³/mol. The van der Waals surface area contributed by atoms with Crippen molar-refractivity contribution in [2.75, 3.05) is 24.6 Å². The first-order valence-corrected chi connectivity index (χ1v) is 10.2. The monoisotopic (exact) mass is 410 g/mol. The number of esters is 1. The van der Waals surface area contributed by atoms with Crippen molar-refractivity contribution >= 4 is 23.1 Å². The van der Waals surface area contributed by atoms with Gasteiger partial charge < -0.3 is 9.64 Å². The topological polar surface area (TPSA) is 89.8 Å². The molecule has 7 nitrogen and oxygen atoms in total. The van der Waals surface area contributed by atoms with Gasteiger partial charge in [-0.25, -0.2) is 4.79 Å². The Morgan fingerprint density at radius 2 is 1.87 bits per heavy atom. The standard InChI is InChI=1S/C23H26N2O5/c1-3-17-6-8-18(9-7-17)22(26)15-30-23(27)19-10-11-20(21(13-19)25(28)29)24-12-4-5-16(2)14-24/h6-11,13,16H,3-5,12,14-15H2,1-2H3/t16-/m0/s1. The van der Waals surface area contributed by atoms with Gasteiger partial charge in [0, 0.05) is 24.7 Å². The van der Waals surface area contributed by atoms with Crippen molar-refractivity contribution < 1.29 is 19.2 Å². The number of ketones is 1. The number of benzene rings is 2. The van der Waals surface area contributed by atoms with Crippen LogP contribution in [0.2, 0.25) is 0 Å². The average molecular weight is 410 g/mol. The number of nitrogens with zero attached hydrogens (tertiary/aromatic N) is 2. The molecule has 0 aromatic heterocycles. The van der Waals surface area contributed by atoms with Crippen LogP contribution in [0.5, 0.6) is 0 Å². The molecule has 158 valence electrons. The summed E-state index contributed by atoms with van der Waals surface area (Å²) in [5, 5.41) is 11.6. The van der Waals surface area contributed by atoms with Crippen LogP contribution in [-0.2, 0) is 11.2 Å². The van der Waals surface area contributed by atoms with Gasteiger partial charge in [-0.05, 0) is 42.9 Å². The zero-order valence-electron chi connectivity index (χ0n) is 17.3. The van der Waals surface area contributed by atoms with Crippen LogP contribution in [0.1, 0.15) is 53.0 Å². The molecule has 1 aliphatic rings. The lowest BCUT2D eigenvalue weighted by Gasteiger charge is -2.32. The highest BCUT2D eigenvalue weighted by molar-refractivity contribution is 5.99. The van der Waals surface area contributed by atoms with Gasteiger partial charge in [0.15, 0.2) is 12.4 Å². The lowest BCUT2D eigenvalue weighted by Crippen LogP contribution is -2.34. The Kier molecular flexibility index (Phi) is 6.82. The fourth-order valence-corrected chi connectivity index (χ4v) is 3.70. The summed E-state index contributed by atoms with van der Waals surface area (Å²) in [6, 6.07) is 11.5. The van der Waals surface area contributed by atoms with Gasteiger partial charge in [0.05, 0.1) is 10.5 Å². The van der Waals surface area contributed by atoms with Crippen LogP contribution >= 0.6 is 0 Å². The summed E-state index contributed by atoms with van der Waals surface area (Å²) >= 11 is 0. The summed E-state index contributed by atoms with van der Waals surface area (Å²) in [5.41, 5.74) is 2.01. The third-order valence-electron chi connectivity index (χ3n) is 5.42. The molecular formula is C23H26N2O5. The first kappa shape index (κ1) is 21.5. The Bertz CT molecular complexity index is 939. The smallest absolute Gasteiger partial charge is 0.338 e. The molecule has 2 aromatic carbocycles. The molecule has 1 aliphatic heterocycles. The number of nitro benzene ring substituents is 1. The van der Waals surface area contributed by atoms with Crippen molar-refractivity contribution in [2.24, 2.45) is 5.92 Å². The number of hydrogen-bond donors (Lipinski definition) is 0. The van der Waals surface area contributed by atoms with Crippen LogP contribution in [0.15, 0.2) is 42.5 Å². The molecule has 1 heterocycles. The van der Waals surface area contributed by atoms with Crippen LogP contribution in [0.4, 0.5) is 11.4 Å². The summed E-state index contributed by atoms with van der Waals surface area (Å²) in [6.45, 7) is 5.23. The lowest BCUT2D eigenvalue weighted by atomic mass is 9.99. The summed E-state index contributed by atoms with van der Waals surface area (Å²) in [4.78, 5) is 37.7. The summed E-state index contributed by atoms with van der Waals surface area (Å²) in [7, 11) is 0. The lowest BCUT2D eigenvalue weighted by molar-refractivity contribution is -0.384. The molecule has 0 unspecified atom stereocenters. The highest BCUT2D eigenvalue weighted by atomic mass is 16.6. The highest BCUT2D eigenvalue weighted by Gasteiger charge is 2.25. The minimum Gasteiger partial charge on any atom is -0.454 e. The number of nitro groups is 1. The van der Waals surface area contributed by atoms with Crippen LogP contribution < -0.4 is 4.90 Å². The van der Waals surface area contributed by atoms with E-state index in [0.717, 1.165) is 37.9 Å². The van der Waals surface area contributed by atoms with E-state index in [1.54, 1.807) is 18.2 Å². The van der Waals surface area contributed by atoms with Crippen molar-refractivity contribution in [2.45, 2.75) is 33.1 Å². The van der Waals surface area contributed by atoms with E-state index in [1.165, 1.54) is 12.1 Å². The molecule has 0 saturated carbocycles. The van der Waals surface area contributed by atoms with E-state index in [-0.39, 0.29) is 17.0 Å². The van der Waals surface area contributed by atoms with Gasteiger partial charge in [-0.1, -0.05) is 38.1 Å². The summed E-state index contributed by atoms with van der Waals surface area (Å²) in [5.74, 6) is -0.616. The molecule has 0 spiro atoms. The van der Waals surface area contributed by atoms with Gasteiger partial charge in [0.25, 0.3) is 5.69 Å². The number of rotatable bonds is 7. The van der Waals surface area contributed by atoms with Gasteiger partial charge in [-0.15, -0.1) is 0 Å². The Labute approximate surface area is 175 Å². The molecule has 2 aromatic rings. The molecule has 0 radical (unpaired) electrons. The summed E-state index contributed by atoms with van der Waals surface area (Å²) in [6.07, 6.45) is 2.95. The fraction of sp³-hybridized carbons (Fsp3) is 0.391. The van der Waals surface area contributed by atoms with Crippen LogP contribution in [0, 0.1) is 16.0 Å². The molecule has 1 fully saturated rings. The normalized spacial score (nSPS) is 16.2. The maximum Gasteiger partial charge on any atom is 0.338 e. The SMILES string of the molecule is CCc1ccc(C(=O)COC(=O)c2ccc(N3CCC[C@H](C)C3)c([N+](=O)[O-])c2)cc1. The third-order valence-corrected chi connectivity index (χ3v) is 5.42. The van der Waals surface area contributed by atoms with E-state index in [2.05, 4.69) is 6.92 Å². The number of carbonyl (C=O) groups is 2. The third kappa shape index (κ3) is 5.03. The predicted octanol–water partition coefficient (Wildman–Crippen LogP) is 4.43. The van der Waals surface area contributed by atoms with Crippen molar-refractivity contribution in [3.63, 3.8) is 0 Å². The van der Waals surface area contributed by atoms with Crippen LogP contribution in [0.25, 0.3) is 0 Å². The second-order valence-electron chi connectivity index (χ2n) is 7.70. The largest absolute Gasteiger partial charge is 0.454 e. The quantitative estimate of drug-likeness (QED) is 0.290. The van der Waals surface area contributed by atoms with Gasteiger partial charge in [0.1, 0.15) is 5.69 Å². The summed E-state index contributed by atoms with van der Waals surface area (Å²) < 4.78 is 5.11. The average Bonchev–Trinajstić information content (AvgIpc) is 2.76. The maximum atomic E-state index is 12.4. The molecule has 0 bridgehead atoms. The van der Waals surface area contributed by atoms with Crippen molar-refractivity contribution in [1.29, 1.82) is 0 Å². The highest BCUT2D eigenvalue weighted by Crippen LogP contribution is 2.32. The van der Waals surface area contributed by atoms with Crippen molar-refractivity contribution in [1.82, 2.24) is 0 Å². The first-order valence-electron chi connectivity index (χ1n) is 10.2. The minimum absolute atomic E-state index is 0.0599. The van der Waals surface area contributed by atoms with E-state index in [4.69, 9.17) is 4.74 Å². The van der Waals surface area contributed by atoms with Crippen molar-refractivity contribution in [3.8, 4) is 0 Å². The number of hydrogen-bond acceptors (Lipinski definition) is 6. The minimum atomic E-state index is -0.754. The number of carbonyl (C=O) groups excluding carboxylic acids is 2. The number of Topliss-reactive ketones (excluding diaryl/α,β-unsaturated/α-hetero) is 1. The molecule has 0 amide bonds. The zero-order chi connectivity index (χ0) is 21.7. The molecule has 30 heavy (non-hydrogen) atoms. The number of anilines is 1. The van der Waals surface area contributed by atoms with E-state index >= 15 is 0 Å². The van der Waals surface area contributed by atoms with Crippen LogP contribution in [-0.4, -0.2) is 36.4 Å². The Morgan fingerprint density at radius 3 is 2.50 bits per heavy atom. The number of ether oxygens (including phenoxy) is 1. The Balaban J connectivity index is 1.70. The van der Waals surface area contributed by atoms with Crippen LogP contribution in [0.3, 0.4) is 0 Å². The molecule has 1 atom stereocenters. The molecule has 7 heteroatoms. The van der Waals surface area contributed by atoms with Gasteiger partial charge >= 0.3 is 5.97 Å². The first-order chi connectivity index (χ1) is 14.4.